The number of rotatable bonds is 8. The quantitative estimate of drug-likeness (QED) is 0.748. The van der Waals surface area contributed by atoms with Gasteiger partial charge in [-0.1, -0.05) is 43.2 Å². The van der Waals surface area contributed by atoms with Gasteiger partial charge >= 0.3 is 0 Å². The predicted molar refractivity (Wildman–Crippen MR) is 84.8 cm³/mol. The number of amides is 2. The maximum Gasteiger partial charge on any atom is 0.221 e. The van der Waals surface area contributed by atoms with Gasteiger partial charge in [0, 0.05) is 33.0 Å². The lowest BCUT2D eigenvalue weighted by Gasteiger charge is -2.21. The Hall–Kier alpha value is -1.84. The van der Waals surface area contributed by atoms with E-state index < -0.39 is 0 Å². The molecule has 0 unspecified atom stereocenters. The third kappa shape index (κ3) is 6.93. The lowest BCUT2D eigenvalue weighted by atomic mass is 10.1. The molecular weight excluding hydrogens is 264 g/mol. The molecule has 0 aromatic heterocycles. The minimum absolute atomic E-state index is 0.00198. The topological polar surface area (TPSA) is 49.4 Å². The number of benzene rings is 1. The van der Waals surface area contributed by atoms with Crippen molar-refractivity contribution in [3.8, 4) is 0 Å². The molecule has 0 saturated carbocycles. The van der Waals surface area contributed by atoms with Crippen molar-refractivity contribution < 1.29 is 9.59 Å². The first-order chi connectivity index (χ1) is 10.0. The van der Waals surface area contributed by atoms with Crippen LogP contribution < -0.4 is 5.32 Å². The van der Waals surface area contributed by atoms with Gasteiger partial charge in [0.15, 0.2) is 0 Å². The van der Waals surface area contributed by atoms with E-state index in [-0.39, 0.29) is 11.8 Å². The van der Waals surface area contributed by atoms with Crippen molar-refractivity contribution in [2.75, 3.05) is 13.1 Å². The van der Waals surface area contributed by atoms with Crippen LogP contribution in [0.2, 0.25) is 0 Å². The Kier molecular flexibility index (Phi) is 7.51. The van der Waals surface area contributed by atoms with E-state index in [1.165, 1.54) is 5.56 Å². The van der Waals surface area contributed by atoms with E-state index in [1.54, 1.807) is 11.8 Å². The Morgan fingerprint density at radius 1 is 1.29 bits per heavy atom. The van der Waals surface area contributed by atoms with E-state index in [2.05, 4.69) is 18.3 Å². The molecular formula is C17H26N2O2. The number of nitrogens with zero attached hydrogens (tertiary/aromatic N) is 1. The molecule has 1 N–H and O–H groups in total. The standard InChI is InChI=1S/C17H26N2O2/c1-4-5-10-18-17(21)9-11-19(15(3)20)13-16-8-6-7-14(2)12-16/h6-8,12H,4-5,9-11,13H2,1-3H3,(H,18,21). The van der Waals surface area contributed by atoms with E-state index in [0.29, 0.717) is 26.1 Å². The summed E-state index contributed by atoms with van der Waals surface area (Å²) in [4.78, 5) is 25.1. The second-order valence-electron chi connectivity index (χ2n) is 5.38. The van der Waals surface area contributed by atoms with Crippen LogP contribution in [0.5, 0.6) is 0 Å². The highest BCUT2D eigenvalue weighted by atomic mass is 16.2. The molecule has 4 nitrogen and oxygen atoms in total. The number of nitrogens with one attached hydrogen (secondary N) is 1. The average molecular weight is 290 g/mol. The summed E-state index contributed by atoms with van der Waals surface area (Å²) in [7, 11) is 0. The van der Waals surface area contributed by atoms with Gasteiger partial charge in [-0.2, -0.15) is 0 Å². The van der Waals surface area contributed by atoms with Gasteiger partial charge < -0.3 is 10.2 Å². The Morgan fingerprint density at radius 3 is 2.67 bits per heavy atom. The molecule has 0 spiro atoms. The van der Waals surface area contributed by atoms with Gasteiger partial charge in [0.05, 0.1) is 0 Å². The molecule has 0 atom stereocenters. The summed E-state index contributed by atoms with van der Waals surface area (Å²) in [5.74, 6) is 0.0109. The van der Waals surface area contributed by atoms with Crippen LogP contribution in [0.1, 0.15) is 44.2 Å². The smallest absolute Gasteiger partial charge is 0.221 e. The van der Waals surface area contributed by atoms with E-state index in [4.69, 9.17) is 0 Å². The largest absolute Gasteiger partial charge is 0.356 e. The van der Waals surface area contributed by atoms with Crippen molar-refractivity contribution in [2.24, 2.45) is 0 Å². The Morgan fingerprint density at radius 2 is 2.05 bits per heavy atom. The summed E-state index contributed by atoms with van der Waals surface area (Å²) >= 11 is 0. The molecule has 0 heterocycles. The molecule has 0 aliphatic rings. The fraction of sp³-hybridized carbons (Fsp3) is 0.529. The molecule has 0 fully saturated rings. The fourth-order valence-corrected chi connectivity index (χ4v) is 2.11. The van der Waals surface area contributed by atoms with Crippen LogP contribution in [0.15, 0.2) is 24.3 Å². The lowest BCUT2D eigenvalue weighted by molar-refractivity contribution is -0.130. The third-order valence-electron chi connectivity index (χ3n) is 3.36. The highest BCUT2D eigenvalue weighted by Crippen LogP contribution is 2.08. The van der Waals surface area contributed by atoms with Crippen LogP contribution in [0.4, 0.5) is 0 Å². The van der Waals surface area contributed by atoms with Crippen LogP contribution in [0.25, 0.3) is 0 Å². The van der Waals surface area contributed by atoms with Crippen molar-refractivity contribution in [1.29, 1.82) is 0 Å². The molecule has 1 aromatic rings. The molecule has 0 radical (unpaired) electrons. The highest BCUT2D eigenvalue weighted by Gasteiger charge is 2.11. The second-order valence-corrected chi connectivity index (χ2v) is 5.38. The maximum atomic E-state index is 11.7. The molecule has 0 aliphatic carbocycles. The lowest BCUT2D eigenvalue weighted by Crippen LogP contribution is -2.33. The summed E-state index contributed by atoms with van der Waals surface area (Å²) < 4.78 is 0. The number of hydrogen-bond donors (Lipinski definition) is 1. The minimum atomic E-state index is -0.00198. The van der Waals surface area contributed by atoms with Gasteiger partial charge in [-0.25, -0.2) is 0 Å². The Bertz CT molecular complexity index is 472. The summed E-state index contributed by atoms with van der Waals surface area (Å²) in [6, 6.07) is 8.09. The molecule has 0 saturated heterocycles. The molecule has 1 rings (SSSR count). The van der Waals surface area contributed by atoms with Crippen molar-refractivity contribution in [1.82, 2.24) is 10.2 Å². The van der Waals surface area contributed by atoms with E-state index in [1.807, 2.05) is 25.1 Å². The molecule has 21 heavy (non-hydrogen) atoms. The summed E-state index contributed by atoms with van der Waals surface area (Å²) in [5, 5.41) is 2.87. The van der Waals surface area contributed by atoms with Crippen LogP contribution >= 0.6 is 0 Å². The van der Waals surface area contributed by atoms with Gasteiger partial charge in [-0.3, -0.25) is 9.59 Å². The minimum Gasteiger partial charge on any atom is -0.356 e. The molecule has 1 aromatic carbocycles. The van der Waals surface area contributed by atoms with E-state index >= 15 is 0 Å². The first-order valence-electron chi connectivity index (χ1n) is 7.60. The predicted octanol–water partition coefficient (Wildman–Crippen LogP) is 2.65. The summed E-state index contributed by atoms with van der Waals surface area (Å²) in [6.45, 7) is 7.40. The van der Waals surface area contributed by atoms with Crippen molar-refractivity contribution in [3.05, 3.63) is 35.4 Å². The first-order valence-corrected chi connectivity index (χ1v) is 7.60. The molecule has 0 aliphatic heterocycles. The van der Waals surface area contributed by atoms with Crippen LogP contribution in [-0.4, -0.2) is 29.8 Å². The van der Waals surface area contributed by atoms with Gasteiger partial charge in [-0.05, 0) is 18.9 Å². The van der Waals surface area contributed by atoms with Gasteiger partial charge in [-0.15, -0.1) is 0 Å². The van der Waals surface area contributed by atoms with Gasteiger partial charge in [0.2, 0.25) is 11.8 Å². The number of hydrogen-bond acceptors (Lipinski definition) is 2. The fourth-order valence-electron chi connectivity index (χ4n) is 2.11. The second kappa shape index (κ2) is 9.16. The molecule has 2 amide bonds. The van der Waals surface area contributed by atoms with E-state index in [0.717, 1.165) is 18.4 Å². The zero-order chi connectivity index (χ0) is 15.7. The summed E-state index contributed by atoms with van der Waals surface area (Å²) in [6.07, 6.45) is 2.41. The number of carbonyl (C=O) groups excluding carboxylic acids is 2. The number of unbranched alkanes of at least 4 members (excludes halogenated alkanes) is 1. The van der Waals surface area contributed by atoms with E-state index in [9.17, 15) is 9.59 Å². The maximum absolute atomic E-state index is 11.7. The van der Waals surface area contributed by atoms with Crippen LogP contribution in [0.3, 0.4) is 0 Å². The Labute approximate surface area is 127 Å². The monoisotopic (exact) mass is 290 g/mol. The SMILES string of the molecule is CCCCNC(=O)CCN(Cc1cccc(C)c1)C(C)=O. The first kappa shape index (κ1) is 17.2. The van der Waals surface area contributed by atoms with Gasteiger partial charge in [0.25, 0.3) is 0 Å². The zero-order valence-electron chi connectivity index (χ0n) is 13.3. The third-order valence-corrected chi connectivity index (χ3v) is 3.36. The number of aryl methyl sites for hydroxylation is 1. The average Bonchev–Trinajstić information content (AvgIpc) is 2.43. The molecule has 0 bridgehead atoms. The molecule has 4 heteroatoms. The van der Waals surface area contributed by atoms with Crippen molar-refractivity contribution in [3.63, 3.8) is 0 Å². The van der Waals surface area contributed by atoms with Crippen LogP contribution in [-0.2, 0) is 16.1 Å². The van der Waals surface area contributed by atoms with Crippen molar-refractivity contribution >= 4 is 11.8 Å². The van der Waals surface area contributed by atoms with Crippen LogP contribution in [0, 0.1) is 6.92 Å². The zero-order valence-corrected chi connectivity index (χ0v) is 13.3. The highest BCUT2D eigenvalue weighted by molar-refractivity contribution is 5.78. The number of carbonyl (C=O) groups is 2. The summed E-state index contributed by atoms with van der Waals surface area (Å²) in [5.41, 5.74) is 2.27. The molecule has 116 valence electrons. The normalized spacial score (nSPS) is 10.2. The Balaban J connectivity index is 2.47. The van der Waals surface area contributed by atoms with Crippen molar-refractivity contribution in [2.45, 2.75) is 46.6 Å². The van der Waals surface area contributed by atoms with Gasteiger partial charge in [0.1, 0.15) is 0 Å².